The van der Waals surface area contributed by atoms with Crippen molar-refractivity contribution in [3.63, 3.8) is 0 Å². The lowest BCUT2D eigenvalue weighted by Gasteiger charge is -2.24. The minimum atomic E-state index is -0.795. The van der Waals surface area contributed by atoms with Crippen LogP contribution in [0.1, 0.15) is 31.9 Å². The summed E-state index contributed by atoms with van der Waals surface area (Å²) in [5, 5.41) is 7.05. The van der Waals surface area contributed by atoms with Crippen LogP contribution in [0.25, 0.3) is 0 Å². The number of halogens is 2. The molecular formula is C24H29Cl2N3O4S. The van der Waals surface area contributed by atoms with Gasteiger partial charge in [0.1, 0.15) is 18.4 Å². The SMILES string of the molecule is CC(C)(C)ONC(=O)[C@H](Cc1ccc(OCc2c(Cl)cccc2Cl)cc1)NC(=O)[C@H]1CSCN1. The van der Waals surface area contributed by atoms with E-state index < -0.39 is 17.6 Å². The molecule has 1 fully saturated rings. The van der Waals surface area contributed by atoms with E-state index in [1.807, 2.05) is 32.9 Å². The molecule has 184 valence electrons. The fraction of sp³-hybridized carbons (Fsp3) is 0.417. The van der Waals surface area contributed by atoms with Gasteiger partial charge in [-0.2, -0.15) is 0 Å². The molecule has 10 heteroatoms. The summed E-state index contributed by atoms with van der Waals surface area (Å²) < 4.78 is 5.82. The summed E-state index contributed by atoms with van der Waals surface area (Å²) >= 11 is 14.0. The minimum Gasteiger partial charge on any atom is -0.489 e. The van der Waals surface area contributed by atoms with E-state index in [1.165, 1.54) is 0 Å². The van der Waals surface area contributed by atoms with Crippen LogP contribution in [0.3, 0.4) is 0 Å². The summed E-state index contributed by atoms with van der Waals surface area (Å²) in [4.78, 5) is 30.9. The Morgan fingerprint density at radius 1 is 1.15 bits per heavy atom. The number of hydroxylamine groups is 1. The lowest BCUT2D eigenvalue weighted by atomic mass is 10.0. The Morgan fingerprint density at radius 3 is 2.41 bits per heavy atom. The van der Waals surface area contributed by atoms with E-state index in [1.54, 1.807) is 42.1 Å². The smallest absolute Gasteiger partial charge is 0.266 e. The number of rotatable bonds is 9. The maximum Gasteiger partial charge on any atom is 0.266 e. The van der Waals surface area contributed by atoms with Gasteiger partial charge >= 0.3 is 0 Å². The van der Waals surface area contributed by atoms with Crippen LogP contribution in [0, 0.1) is 0 Å². The lowest BCUT2D eigenvalue weighted by molar-refractivity contribution is -0.149. The van der Waals surface area contributed by atoms with Crippen molar-refractivity contribution in [1.29, 1.82) is 0 Å². The topological polar surface area (TPSA) is 88.7 Å². The Morgan fingerprint density at radius 2 is 1.82 bits per heavy atom. The minimum absolute atomic E-state index is 0.211. The first-order valence-corrected chi connectivity index (χ1v) is 12.8. The van der Waals surface area contributed by atoms with E-state index in [0.29, 0.717) is 39.4 Å². The molecule has 0 aliphatic carbocycles. The van der Waals surface area contributed by atoms with Gasteiger partial charge in [-0.15, -0.1) is 11.8 Å². The van der Waals surface area contributed by atoms with Gasteiger partial charge in [0.25, 0.3) is 5.91 Å². The van der Waals surface area contributed by atoms with E-state index in [0.717, 1.165) is 5.56 Å². The number of carbonyl (C=O) groups excluding carboxylic acids is 2. The van der Waals surface area contributed by atoms with E-state index >= 15 is 0 Å². The number of carbonyl (C=O) groups is 2. The molecule has 0 bridgehead atoms. The van der Waals surface area contributed by atoms with E-state index in [2.05, 4.69) is 16.1 Å². The van der Waals surface area contributed by atoms with Crippen LogP contribution < -0.4 is 20.9 Å². The standard InChI is InChI=1S/C24H29Cl2N3O4S/c1-24(2,3)33-29-23(31)20(28-22(30)21-13-34-14-27-21)11-15-7-9-16(10-8-15)32-12-17-18(25)5-4-6-19(17)26/h4-10,20-21,27H,11-14H2,1-3H3,(H,28,30)(H,29,31)/t20-,21+/m0/s1. The van der Waals surface area contributed by atoms with Crippen molar-refractivity contribution >= 4 is 46.8 Å². The van der Waals surface area contributed by atoms with Crippen LogP contribution in [-0.2, 0) is 27.5 Å². The van der Waals surface area contributed by atoms with E-state index in [9.17, 15) is 9.59 Å². The summed E-state index contributed by atoms with van der Waals surface area (Å²) in [5.41, 5.74) is 3.48. The number of hydrogen-bond acceptors (Lipinski definition) is 6. The number of thioether (sulfide) groups is 1. The normalized spacial score (nSPS) is 16.7. The molecule has 1 heterocycles. The highest BCUT2D eigenvalue weighted by atomic mass is 35.5. The molecule has 7 nitrogen and oxygen atoms in total. The third-order valence-electron chi connectivity index (χ3n) is 4.93. The first-order valence-electron chi connectivity index (χ1n) is 10.9. The highest BCUT2D eigenvalue weighted by Gasteiger charge is 2.28. The van der Waals surface area contributed by atoms with Gasteiger partial charge < -0.3 is 10.1 Å². The van der Waals surface area contributed by atoms with Gasteiger partial charge in [-0.3, -0.25) is 19.7 Å². The average molecular weight is 526 g/mol. The highest BCUT2D eigenvalue weighted by molar-refractivity contribution is 7.99. The van der Waals surface area contributed by atoms with Gasteiger partial charge in [-0.1, -0.05) is 41.4 Å². The zero-order chi connectivity index (χ0) is 24.7. The average Bonchev–Trinajstić information content (AvgIpc) is 3.32. The maximum absolute atomic E-state index is 12.8. The summed E-state index contributed by atoms with van der Waals surface area (Å²) in [7, 11) is 0. The second-order valence-electron chi connectivity index (χ2n) is 8.85. The lowest BCUT2D eigenvalue weighted by Crippen LogP contribution is -2.53. The third kappa shape index (κ3) is 8.06. The molecular weight excluding hydrogens is 497 g/mol. The number of amides is 2. The Bertz CT molecular complexity index is 972. The maximum atomic E-state index is 12.8. The van der Waals surface area contributed by atoms with Crippen molar-refractivity contribution in [1.82, 2.24) is 16.1 Å². The van der Waals surface area contributed by atoms with Gasteiger partial charge in [-0.25, -0.2) is 5.48 Å². The first-order chi connectivity index (χ1) is 16.1. The largest absolute Gasteiger partial charge is 0.489 e. The van der Waals surface area contributed by atoms with Gasteiger partial charge in [0.2, 0.25) is 5.91 Å². The molecule has 0 radical (unpaired) electrons. The fourth-order valence-corrected chi connectivity index (χ4v) is 4.55. The summed E-state index contributed by atoms with van der Waals surface area (Å²) in [6.45, 7) is 5.72. The Hall–Kier alpha value is -1.97. The van der Waals surface area contributed by atoms with Crippen molar-refractivity contribution in [2.24, 2.45) is 0 Å². The zero-order valence-electron chi connectivity index (χ0n) is 19.3. The predicted octanol–water partition coefficient (Wildman–Crippen LogP) is 4.11. The number of nitrogens with one attached hydrogen (secondary N) is 3. The third-order valence-corrected chi connectivity index (χ3v) is 6.58. The summed E-state index contributed by atoms with van der Waals surface area (Å²) in [5.74, 6) is 1.39. The molecule has 0 saturated carbocycles. The molecule has 2 aromatic carbocycles. The van der Waals surface area contributed by atoms with Crippen LogP contribution in [0.2, 0.25) is 10.0 Å². The molecule has 0 spiro atoms. The van der Waals surface area contributed by atoms with Crippen molar-refractivity contribution in [3.8, 4) is 5.75 Å². The van der Waals surface area contributed by atoms with Gasteiger partial charge in [0.05, 0.1) is 11.6 Å². The number of ether oxygens (including phenoxy) is 1. The highest BCUT2D eigenvalue weighted by Crippen LogP contribution is 2.26. The monoisotopic (exact) mass is 525 g/mol. The van der Waals surface area contributed by atoms with E-state index in [-0.39, 0.29) is 18.6 Å². The predicted molar refractivity (Wildman–Crippen MR) is 136 cm³/mol. The molecule has 3 N–H and O–H groups in total. The number of hydrogen-bond donors (Lipinski definition) is 3. The van der Waals surface area contributed by atoms with Crippen LogP contribution in [0.15, 0.2) is 42.5 Å². The van der Waals surface area contributed by atoms with Crippen molar-refractivity contribution < 1.29 is 19.2 Å². The summed E-state index contributed by atoms with van der Waals surface area (Å²) in [6, 6.07) is 11.5. The van der Waals surface area contributed by atoms with E-state index in [4.69, 9.17) is 32.8 Å². The molecule has 1 aliphatic rings. The van der Waals surface area contributed by atoms with Crippen LogP contribution >= 0.6 is 35.0 Å². The van der Waals surface area contributed by atoms with Crippen LogP contribution in [0.4, 0.5) is 0 Å². The molecule has 1 saturated heterocycles. The van der Waals surface area contributed by atoms with Gasteiger partial charge in [0.15, 0.2) is 0 Å². The Labute approximate surface area is 214 Å². The molecule has 3 rings (SSSR count). The molecule has 0 unspecified atom stereocenters. The molecule has 1 aliphatic heterocycles. The van der Waals surface area contributed by atoms with Crippen molar-refractivity contribution in [2.45, 2.75) is 51.5 Å². The quantitative estimate of drug-likeness (QED) is 0.427. The molecule has 34 heavy (non-hydrogen) atoms. The van der Waals surface area contributed by atoms with Crippen LogP contribution in [0.5, 0.6) is 5.75 Å². The Balaban J connectivity index is 1.64. The van der Waals surface area contributed by atoms with Crippen LogP contribution in [-0.4, -0.2) is 41.1 Å². The molecule has 2 atom stereocenters. The van der Waals surface area contributed by atoms with Crippen molar-refractivity contribution in [2.75, 3.05) is 11.6 Å². The number of benzene rings is 2. The molecule has 2 aromatic rings. The second-order valence-corrected chi connectivity index (χ2v) is 10.7. The van der Waals surface area contributed by atoms with Gasteiger partial charge in [-0.05, 0) is 50.6 Å². The van der Waals surface area contributed by atoms with Crippen molar-refractivity contribution in [3.05, 3.63) is 63.6 Å². The fourth-order valence-electron chi connectivity index (χ4n) is 3.10. The summed E-state index contributed by atoms with van der Waals surface area (Å²) in [6.07, 6.45) is 0.293. The molecule has 0 aromatic heterocycles. The Kier molecular flexibility index (Phi) is 9.50. The first kappa shape index (κ1) is 26.6. The second kappa shape index (κ2) is 12.1. The molecule has 2 amide bonds. The van der Waals surface area contributed by atoms with Gasteiger partial charge in [0, 0.05) is 33.7 Å². The zero-order valence-corrected chi connectivity index (χ0v) is 21.7.